The van der Waals surface area contributed by atoms with E-state index in [4.69, 9.17) is 28.4 Å². The molecule has 0 amide bonds. The topological polar surface area (TPSA) is 104 Å². The fraction of sp³-hybridized carbons (Fsp3) is 0.304. The molecule has 1 aromatic heterocycles. The minimum Gasteiger partial charge on any atom is -0.493 e. The molecule has 0 unspecified atom stereocenters. The predicted molar refractivity (Wildman–Crippen MR) is 120 cm³/mol. The highest BCUT2D eigenvalue weighted by Crippen LogP contribution is 2.43. The molecule has 1 heterocycles. The molecule has 3 aromatic rings. The van der Waals surface area contributed by atoms with Crippen LogP contribution in [0.3, 0.4) is 0 Å². The van der Waals surface area contributed by atoms with E-state index in [0.29, 0.717) is 69.8 Å². The maximum Gasteiger partial charge on any atom is 0.203 e. The third-order valence-electron chi connectivity index (χ3n) is 4.76. The van der Waals surface area contributed by atoms with Gasteiger partial charge in [0.15, 0.2) is 23.0 Å². The predicted octanol–water partition coefficient (Wildman–Crippen LogP) is 3.91. The van der Waals surface area contributed by atoms with Crippen molar-refractivity contribution < 1.29 is 28.4 Å². The molecule has 0 bridgehead atoms. The number of ether oxygens (including phenoxy) is 6. The zero-order chi connectivity index (χ0) is 23.1. The van der Waals surface area contributed by atoms with Gasteiger partial charge in [-0.05, 0) is 12.1 Å². The first-order chi connectivity index (χ1) is 15.6. The van der Waals surface area contributed by atoms with Crippen LogP contribution >= 0.6 is 0 Å². The molecule has 0 radical (unpaired) electrons. The summed E-state index contributed by atoms with van der Waals surface area (Å²) in [5.74, 6) is 2.44. The number of benzene rings is 2. The van der Waals surface area contributed by atoms with Gasteiger partial charge in [-0.25, -0.2) is 0 Å². The second-order valence-electron chi connectivity index (χ2n) is 6.53. The van der Waals surface area contributed by atoms with E-state index in [0.717, 1.165) is 0 Å². The first-order valence-electron chi connectivity index (χ1n) is 9.70. The van der Waals surface area contributed by atoms with Crippen molar-refractivity contribution in [3.8, 4) is 34.8 Å². The first kappa shape index (κ1) is 22.8. The normalized spacial score (nSPS) is 10.4. The largest absolute Gasteiger partial charge is 0.493 e. The Labute approximate surface area is 186 Å². The van der Waals surface area contributed by atoms with Crippen LogP contribution in [0, 0.1) is 11.3 Å². The minimum absolute atomic E-state index is 0.362. The quantitative estimate of drug-likeness (QED) is 0.471. The van der Waals surface area contributed by atoms with Crippen molar-refractivity contribution in [1.82, 2.24) is 4.98 Å². The summed E-state index contributed by atoms with van der Waals surface area (Å²) in [4.78, 5) is 4.44. The van der Waals surface area contributed by atoms with E-state index in [2.05, 4.69) is 16.4 Å². The fourth-order valence-corrected chi connectivity index (χ4v) is 3.28. The molecule has 0 aliphatic carbocycles. The van der Waals surface area contributed by atoms with Gasteiger partial charge in [0, 0.05) is 36.5 Å². The molecule has 9 heteroatoms. The van der Waals surface area contributed by atoms with Gasteiger partial charge < -0.3 is 33.7 Å². The van der Waals surface area contributed by atoms with Crippen LogP contribution in [0.2, 0.25) is 0 Å². The van der Waals surface area contributed by atoms with Gasteiger partial charge in [0.2, 0.25) is 5.75 Å². The number of aromatic nitrogens is 1. The van der Waals surface area contributed by atoms with E-state index in [1.807, 2.05) is 6.07 Å². The molecule has 0 saturated heterocycles. The van der Waals surface area contributed by atoms with E-state index < -0.39 is 0 Å². The fourth-order valence-electron chi connectivity index (χ4n) is 3.28. The van der Waals surface area contributed by atoms with Crippen LogP contribution in [0.25, 0.3) is 10.9 Å². The first-order valence-corrected chi connectivity index (χ1v) is 9.70. The number of hydrogen-bond donors (Lipinski definition) is 1. The lowest BCUT2D eigenvalue weighted by atomic mass is 10.1. The molecule has 2 aromatic carbocycles. The molecular formula is C23H25N3O6. The lowest BCUT2D eigenvalue weighted by Crippen LogP contribution is -2.06. The molecule has 0 spiro atoms. The Morgan fingerprint density at radius 1 is 0.875 bits per heavy atom. The summed E-state index contributed by atoms with van der Waals surface area (Å²) in [5.41, 5.74) is 2.12. The highest BCUT2D eigenvalue weighted by atomic mass is 16.5. The third-order valence-corrected chi connectivity index (χ3v) is 4.76. The Kier molecular flexibility index (Phi) is 7.41. The molecule has 0 saturated carbocycles. The second kappa shape index (κ2) is 10.4. The number of pyridine rings is 1. The van der Waals surface area contributed by atoms with Crippen LogP contribution in [0.15, 0.2) is 30.5 Å². The van der Waals surface area contributed by atoms with Crippen LogP contribution in [0.4, 0.5) is 11.4 Å². The number of nitriles is 1. The number of anilines is 2. The zero-order valence-corrected chi connectivity index (χ0v) is 18.6. The highest BCUT2D eigenvalue weighted by molar-refractivity contribution is 6.00. The number of hydrogen-bond acceptors (Lipinski definition) is 9. The lowest BCUT2D eigenvalue weighted by molar-refractivity contribution is 0.144. The van der Waals surface area contributed by atoms with E-state index in [9.17, 15) is 5.26 Å². The molecule has 0 aliphatic rings. The van der Waals surface area contributed by atoms with Crippen LogP contribution in [-0.4, -0.2) is 53.7 Å². The summed E-state index contributed by atoms with van der Waals surface area (Å²) < 4.78 is 32.6. The minimum atomic E-state index is 0.362. The van der Waals surface area contributed by atoms with Gasteiger partial charge in [0.05, 0.1) is 46.3 Å². The molecular weight excluding hydrogens is 414 g/mol. The molecule has 168 valence electrons. The van der Waals surface area contributed by atoms with E-state index >= 15 is 0 Å². The Balaban J connectivity index is 2.13. The zero-order valence-electron chi connectivity index (χ0n) is 18.6. The SMILES string of the molecule is COCCOc1ccc2c(Nc3cc(OC)c(OC)c(OC)c3)c(C#N)cnc2c1OC. The number of fused-ring (bicyclic) bond motifs is 1. The van der Waals surface area contributed by atoms with Gasteiger partial charge in [-0.1, -0.05) is 0 Å². The summed E-state index contributed by atoms with van der Waals surface area (Å²) in [5, 5.41) is 13.7. The van der Waals surface area contributed by atoms with Crippen LogP contribution in [0.1, 0.15) is 5.56 Å². The van der Waals surface area contributed by atoms with Gasteiger partial charge in [-0.2, -0.15) is 5.26 Å². The summed E-state index contributed by atoms with van der Waals surface area (Å²) in [6.45, 7) is 0.807. The highest BCUT2D eigenvalue weighted by Gasteiger charge is 2.18. The Morgan fingerprint density at radius 3 is 2.12 bits per heavy atom. The van der Waals surface area contributed by atoms with Gasteiger partial charge in [0.1, 0.15) is 18.2 Å². The van der Waals surface area contributed by atoms with E-state index in [1.54, 1.807) is 46.6 Å². The summed E-state index contributed by atoms with van der Waals surface area (Å²) >= 11 is 0. The van der Waals surface area contributed by atoms with Crippen molar-refractivity contribution in [3.63, 3.8) is 0 Å². The van der Waals surface area contributed by atoms with Gasteiger partial charge in [0.25, 0.3) is 0 Å². The van der Waals surface area contributed by atoms with Crippen molar-refractivity contribution >= 4 is 22.3 Å². The Hall–Kier alpha value is -3.90. The standard InChI is InChI=1S/C23H25N3O6/c1-27-8-9-32-17-7-6-16-20(14(12-24)13-25-21(16)23(17)31-5)26-15-10-18(28-2)22(30-4)19(11-15)29-3/h6-7,10-11,13H,8-9H2,1-5H3,(H,25,26). The summed E-state index contributed by atoms with van der Waals surface area (Å²) in [6, 6.07) is 9.30. The molecule has 0 aliphatic heterocycles. The van der Waals surface area contributed by atoms with Crippen LogP contribution in [-0.2, 0) is 4.74 Å². The second-order valence-corrected chi connectivity index (χ2v) is 6.53. The van der Waals surface area contributed by atoms with Crippen molar-refractivity contribution in [1.29, 1.82) is 5.26 Å². The maximum absolute atomic E-state index is 9.69. The molecule has 3 rings (SSSR count). The molecule has 1 N–H and O–H groups in total. The third kappa shape index (κ3) is 4.40. The van der Waals surface area contributed by atoms with Crippen molar-refractivity contribution in [2.24, 2.45) is 0 Å². The van der Waals surface area contributed by atoms with Crippen molar-refractivity contribution in [3.05, 3.63) is 36.0 Å². The van der Waals surface area contributed by atoms with Gasteiger partial charge in [-0.15, -0.1) is 0 Å². The number of methoxy groups -OCH3 is 5. The molecule has 32 heavy (non-hydrogen) atoms. The van der Waals surface area contributed by atoms with E-state index in [-0.39, 0.29) is 0 Å². The molecule has 0 atom stereocenters. The molecule has 9 nitrogen and oxygen atoms in total. The Bertz CT molecular complexity index is 1120. The van der Waals surface area contributed by atoms with Gasteiger partial charge in [-0.3, -0.25) is 4.98 Å². The number of nitrogens with zero attached hydrogens (tertiary/aromatic N) is 2. The lowest BCUT2D eigenvalue weighted by Gasteiger charge is -2.18. The number of nitrogens with one attached hydrogen (secondary N) is 1. The average Bonchev–Trinajstić information content (AvgIpc) is 2.83. The Morgan fingerprint density at radius 2 is 1.56 bits per heavy atom. The average molecular weight is 439 g/mol. The maximum atomic E-state index is 9.69. The van der Waals surface area contributed by atoms with Crippen molar-refractivity contribution in [2.45, 2.75) is 0 Å². The van der Waals surface area contributed by atoms with Crippen molar-refractivity contribution in [2.75, 3.05) is 54.1 Å². The monoisotopic (exact) mass is 439 g/mol. The molecule has 0 fully saturated rings. The van der Waals surface area contributed by atoms with Gasteiger partial charge >= 0.3 is 0 Å². The smallest absolute Gasteiger partial charge is 0.203 e. The number of rotatable bonds is 10. The summed E-state index contributed by atoms with van der Waals surface area (Å²) in [6.07, 6.45) is 1.49. The van der Waals surface area contributed by atoms with Crippen LogP contribution < -0.4 is 29.0 Å². The van der Waals surface area contributed by atoms with E-state index in [1.165, 1.54) is 13.3 Å². The van der Waals surface area contributed by atoms with Crippen LogP contribution in [0.5, 0.6) is 28.7 Å². The summed E-state index contributed by atoms with van der Waals surface area (Å²) in [7, 11) is 7.77.